The first-order valence-electron chi connectivity index (χ1n) is 5.88. The van der Waals surface area contributed by atoms with Crippen LogP contribution in [0, 0.1) is 10.8 Å². The first-order valence-corrected chi connectivity index (χ1v) is 5.88. The van der Waals surface area contributed by atoms with Crippen molar-refractivity contribution in [2.24, 2.45) is 16.6 Å². The predicted octanol–water partition coefficient (Wildman–Crippen LogP) is 3.43. The molecule has 1 atom stereocenters. The van der Waals surface area contributed by atoms with E-state index in [-0.39, 0.29) is 17.1 Å². The van der Waals surface area contributed by atoms with E-state index in [1.165, 1.54) is 24.8 Å². The molecule has 0 aromatic heterocycles. The Hall–Kier alpha value is -0.500. The SMILES string of the molecule is CC(N)OC=C1C(C)(C)CCCC1(C)C. The zero-order valence-electron chi connectivity index (χ0n) is 10.8. The van der Waals surface area contributed by atoms with Crippen LogP contribution in [0.3, 0.4) is 0 Å². The number of hydrogen-bond acceptors (Lipinski definition) is 2. The average molecular weight is 211 g/mol. The zero-order chi connectivity index (χ0) is 11.7. The highest BCUT2D eigenvalue weighted by Crippen LogP contribution is 2.50. The lowest BCUT2D eigenvalue weighted by Gasteiger charge is -2.43. The highest BCUT2D eigenvalue weighted by atomic mass is 16.5. The van der Waals surface area contributed by atoms with Gasteiger partial charge in [0, 0.05) is 0 Å². The van der Waals surface area contributed by atoms with Crippen molar-refractivity contribution in [1.82, 2.24) is 0 Å². The van der Waals surface area contributed by atoms with Crippen LogP contribution in [0.4, 0.5) is 0 Å². The zero-order valence-corrected chi connectivity index (χ0v) is 10.8. The lowest BCUT2D eigenvalue weighted by Crippen LogP contribution is -2.33. The quantitative estimate of drug-likeness (QED) is 0.561. The van der Waals surface area contributed by atoms with Crippen LogP contribution in [0.25, 0.3) is 0 Å². The first kappa shape index (κ1) is 12.6. The van der Waals surface area contributed by atoms with Gasteiger partial charge < -0.3 is 4.74 Å². The van der Waals surface area contributed by atoms with Crippen LogP contribution < -0.4 is 5.73 Å². The van der Waals surface area contributed by atoms with E-state index in [2.05, 4.69) is 27.7 Å². The average Bonchev–Trinajstić information content (AvgIpc) is 1.99. The molecule has 0 amide bonds. The molecule has 0 aliphatic heterocycles. The van der Waals surface area contributed by atoms with E-state index in [0.717, 1.165) is 0 Å². The summed E-state index contributed by atoms with van der Waals surface area (Å²) in [4.78, 5) is 0. The maximum Gasteiger partial charge on any atom is 0.143 e. The highest BCUT2D eigenvalue weighted by Gasteiger charge is 2.38. The van der Waals surface area contributed by atoms with Gasteiger partial charge in [0.2, 0.25) is 0 Å². The Balaban J connectivity index is 2.91. The van der Waals surface area contributed by atoms with Crippen LogP contribution in [0.5, 0.6) is 0 Å². The van der Waals surface area contributed by atoms with Crippen LogP contribution in [-0.2, 0) is 4.74 Å². The monoisotopic (exact) mass is 211 g/mol. The minimum Gasteiger partial charge on any atom is -0.483 e. The van der Waals surface area contributed by atoms with Gasteiger partial charge in [-0.15, -0.1) is 0 Å². The van der Waals surface area contributed by atoms with Gasteiger partial charge in [-0.2, -0.15) is 0 Å². The number of allylic oxidation sites excluding steroid dienone is 1. The van der Waals surface area contributed by atoms with Crippen LogP contribution in [0.15, 0.2) is 11.8 Å². The summed E-state index contributed by atoms with van der Waals surface area (Å²) < 4.78 is 5.47. The van der Waals surface area contributed by atoms with Crippen molar-refractivity contribution >= 4 is 0 Å². The minimum atomic E-state index is -0.217. The molecule has 0 saturated heterocycles. The molecule has 0 aromatic rings. The molecule has 0 radical (unpaired) electrons. The van der Waals surface area contributed by atoms with E-state index in [4.69, 9.17) is 10.5 Å². The second kappa shape index (κ2) is 4.17. The van der Waals surface area contributed by atoms with Gasteiger partial charge in [-0.05, 0) is 36.2 Å². The van der Waals surface area contributed by atoms with Gasteiger partial charge in [0.05, 0.1) is 6.26 Å². The Labute approximate surface area is 93.9 Å². The fraction of sp³-hybridized carbons (Fsp3) is 0.846. The molecule has 1 saturated carbocycles. The standard InChI is InChI=1S/C13H25NO/c1-10(14)15-9-11-12(2,3)7-6-8-13(11,4)5/h9-10H,6-8,14H2,1-5H3. The van der Waals surface area contributed by atoms with Crippen LogP contribution in [0.2, 0.25) is 0 Å². The van der Waals surface area contributed by atoms with E-state index in [9.17, 15) is 0 Å². The second-order valence-electron chi connectivity index (χ2n) is 5.99. The number of rotatable bonds is 2. The lowest BCUT2D eigenvalue weighted by molar-refractivity contribution is 0.139. The molecule has 1 aliphatic rings. The minimum absolute atomic E-state index is 0.217. The van der Waals surface area contributed by atoms with Crippen molar-refractivity contribution in [3.63, 3.8) is 0 Å². The van der Waals surface area contributed by atoms with Gasteiger partial charge in [0.1, 0.15) is 6.23 Å². The van der Waals surface area contributed by atoms with Gasteiger partial charge in [-0.3, -0.25) is 5.73 Å². The van der Waals surface area contributed by atoms with Crippen molar-refractivity contribution in [2.75, 3.05) is 0 Å². The molecular weight excluding hydrogens is 186 g/mol. The molecule has 0 spiro atoms. The summed E-state index contributed by atoms with van der Waals surface area (Å²) in [6.07, 6.45) is 5.47. The summed E-state index contributed by atoms with van der Waals surface area (Å²) in [5.74, 6) is 0. The summed E-state index contributed by atoms with van der Waals surface area (Å²) in [6.45, 7) is 11.0. The van der Waals surface area contributed by atoms with E-state index in [1.807, 2.05) is 13.2 Å². The Morgan fingerprint density at radius 1 is 1.20 bits per heavy atom. The Kier molecular flexibility index (Phi) is 3.49. The highest BCUT2D eigenvalue weighted by molar-refractivity contribution is 5.20. The molecule has 0 aromatic carbocycles. The summed E-state index contributed by atoms with van der Waals surface area (Å²) in [5.41, 5.74) is 7.51. The van der Waals surface area contributed by atoms with Crippen LogP contribution in [0.1, 0.15) is 53.9 Å². The lowest BCUT2D eigenvalue weighted by atomic mass is 9.62. The van der Waals surface area contributed by atoms with Crippen molar-refractivity contribution in [3.05, 3.63) is 11.8 Å². The van der Waals surface area contributed by atoms with Gasteiger partial charge in [-0.1, -0.05) is 34.1 Å². The fourth-order valence-electron chi connectivity index (χ4n) is 2.65. The number of nitrogens with two attached hydrogens (primary N) is 1. The fourth-order valence-corrected chi connectivity index (χ4v) is 2.65. The molecule has 88 valence electrons. The van der Waals surface area contributed by atoms with Crippen LogP contribution >= 0.6 is 0 Å². The molecular formula is C13H25NO. The molecule has 2 nitrogen and oxygen atoms in total. The Morgan fingerprint density at radius 2 is 1.67 bits per heavy atom. The van der Waals surface area contributed by atoms with Crippen LogP contribution in [-0.4, -0.2) is 6.23 Å². The topological polar surface area (TPSA) is 35.2 Å². The number of ether oxygens (including phenoxy) is 1. The molecule has 0 bridgehead atoms. The normalized spacial score (nSPS) is 25.9. The van der Waals surface area contributed by atoms with Crippen molar-refractivity contribution < 1.29 is 4.74 Å². The number of hydrogen-bond donors (Lipinski definition) is 1. The molecule has 2 heteroatoms. The molecule has 15 heavy (non-hydrogen) atoms. The van der Waals surface area contributed by atoms with E-state index < -0.39 is 0 Å². The maximum absolute atomic E-state index is 5.62. The molecule has 1 aliphatic carbocycles. The Bertz CT molecular complexity index is 233. The second-order valence-corrected chi connectivity index (χ2v) is 5.99. The van der Waals surface area contributed by atoms with Crippen molar-refractivity contribution in [2.45, 2.75) is 60.1 Å². The molecule has 1 unspecified atom stereocenters. The van der Waals surface area contributed by atoms with Gasteiger partial charge in [0.15, 0.2) is 0 Å². The summed E-state index contributed by atoms with van der Waals surface area (Å²) >= 11 is 0. The molecule has 1 rings (SSSR count). The Morgan fingerprint density at radius 3 is 2.07 bits per heavy atom. The molecule has 0 heterocycles. The van der Waals surface area contributed by atoms with Crippen molar-refractivity contribution in [3.8, 4) is 0 Å². The van der Waals surface area contributed by atoms with Gasteiger partial charge in [0.25, 0.3) is 0 Å². The smallest absolute Gasteiger partial charge is 0.143 e. The van der Waals surface area contributed by atoms with Gasteiger partial charge >= 0.3 is 0 Å². The third-order valence-electron chi connectivity index (χ3n) is 3.46. The van der Waals surface area contributed by atoms with E-state index in [0.29, 0.717) is 0 Å². The summed E-state index contributed by atoms with van der Waals surface area (Å²) in [5, 5.41) is 0. The predicted molar refractivity (Wildman–Crippen MR) is 64.2 cm³/mol. The largest absolute Gasteiger partial charge is 0.483 e. The molecule has 1 fully saturated rings. The summed E-state index contributed by atoms with van der Waals surface area (Å²) in [7, 11) is 0. The van der Waals surface area contributed by atoms with Gasteiger partial charge in [-0.25, -0.2) is 0 Å². The molecule has 2 N–H and O–H groups in total. The summed E-state index contributed by atoms with van der Waals surface area (Å²) in [6, 6.07) is 0. The van der Waals surface area contributed by atoms with E-state index in [1.54, 1.807) is 0 Å². The third kappa shape index (κ3) is 2.97. The first-order chi connectivity index (χ1) is 6.76. The third-order valence-corrected chi connectivity index (χ3v) is 3.46. The van der Waals surface area contributed by atoms with Crippen molar-refractivity contribution in [1.29, 1.82) is 0 Å². The maximum atomic E-state index is 5.62. The van der Waals surface area contributed by atoms with E-state index >= 15 is 0 Å².